The van der Waals surface area contributed by atoms with Crippen molar-refractivity contribution in [2.75, 3.05) is 0 Å². The van der Waals surface area contributed by atoms with Crippen molar-refractivity contribution in [3.8, 4) is 0 Å². The van der Waals surface area contributed by atoms with E-state index < -0.39 is 11.5 Å². The first-order valence-electron chi connectivity index (χ1n) is 3.75. The molecule has 0 aliphatic carbocycles. The Morgan fingerprint density at radius 2 is 2.15 bits per heavy atom. The van der Waals surface area contributed by atoms with E-state index in [4.69, 9.17) is 0 Å². The van der Waals surface area contributed by atoms with E-state index in [1.807, 2.05) is 0 Å². The van der Waals surface area contributed by atoms with Crippen molar-refractivity contribution < 1.29 is 10.0 Å². The molecule has 5 nitrogen and oxygen atoms in total. The Morgan fingerprint density at radius 3 is 2.62 bits per heavy atom. The highest BCUT2D eigenvalue weighted by molar-refractivity contribution is 5.47. The summed E-state index contributed by atoms with van der Waals surface area (Å²) >= 11 is 0. The summed E-state index contributed by atoms with van der Waals surface area (Å²) in [5.41, 5.74) is 1.11. The molecule has 0 N–H and O–H groups in total. The number of nitrogens with zero attached hydrogens (tertiary/aromatic N) is 2. The monoisotopic (exact) mass is 181 g/mol. The SMILES string of the molecule is Cc1cnc(C[O])c(C)c1[N+](=O)[O-]. The molecule has 0 saturated carbocycles. The average molecular weight is 181 g/mol. The largest absolute Gasteiger partial charge is 0.278 e. The van der Waals surface area contributed by atoms with Crippen LogP contribution in [0.1, 0.15) is 16.8 Å². The lowest BCUT2D eigenvalue weighted by atomic mass is 10.1. The molecule has 0 fully saturated rings. The van der Waals surface area contributed by atoms with Crippen molar-refractivity contribution in [3.05, 3.63) is 33.1 Å². The lowest BCUT2D eigenvalue weighted by Gasteiger charge is -2.03. The van der Waals surface area contributed by atoms with Crippen LogP contribution in [0.5, 0.6) is 0 Å². The average Bonchev–Trinajstić information content (AvgIpc) is 2.04. The van der Waals surface area contributed by atoms with Gasteiger partial charge in [-0.05, 0) is 13.8 Å². The second-order valence-corrected chi connectivity index (χ2v) is 2.76. The standard InChI is InChI=1S/C8H9N2O3/c1-5-3-9-7(4-11)6(2)8(5)10(12)13/h3H,4H2,1-2H3. The first-order chi connectivity index (χ1) is 6.07. The Bertz CT molecular complexity index is 349. The number of aromatic nitrogens is 1. The Kier molecular flexibility index (Phi) is 2.57. The van der Waals surface area contributed by atoms with E-state index in [2.05, 4.69) is 4.98 Å². The van der Waals surface area contributed by atoms with E-state index in [0.29, 0.717) is 11.1 Å². The summed E-state index contributed by atoms with van der Waals surface area (Å²) < 4.78 is 0. The summed E-state index contributed by atoms with van der Waals surface area (Å²) in [5, 5.41) is 21.1. The highest BCUT2D eigenvalue weighted by atomic mass is 16.6. The predicted molar refractivity (Wildman–Crippen MR) is 44.8 cm³/mol. The van der Waals surface area contributed by atoms with Crippen LogP contribution in [0.4, 0.5) is 5.69 Å². The molecule has 0 aliphatic rings. The molecule has 0 atom stereocenters. The van der Waals surface area contributed by atoms with Crippen LogP contribution >= 0.6 is 0 Å². The van der Waals surface area contributed by atoms with Crippen LogP contribution in [0, 0.1) is 24.0 Å². The maximum atomic E-state index is 10.6. The fourth-order valence-electron chi connectivity index (χ4n) is 1.19. The van der Waals surface area contributed by atoms with Crippen LogP contribution in [0.25, 0.3) is 0 Å². The van der Waals surface area contributed by atoms with Crippen LogP contribution in [0.3, 0.4) is 0 Å². The van der Waals surface area contributed by atoms with Gasteiger partial charge in [0.1, 0.15) is 6.61 Å². The molecule has 1 aromatic rings. The molecule has 1 rings (SSSR count). The Balaban J connectivity index is 3.38. The first-order valence-corrected chi connectivity index (χ1v) is 3.75. The second kappa shape index (κ2) is 3.49. The van der Waals surface area contributed by atoms with Crippen LogP contribution in [0.2, 0.25) is 0 Å². The second-order valence-electron chi connectivity index (χ2n) is 2.76. The van der Waals surface area contributed by atoms with Gasteiger partial charge in [0.2, 0.25) is 0 Å². The van der Waals surface area contributed by atoms with Gasteiger partial charge in [0.15, 0.2) is 0 Å². The van der Waals surface area contributed by atoms with Crippen molar-refractivity contribution in [1.82, 2.24) is 4.98 Å². The van der Waals surface area contributed by atoms with E-state index in [1.54, 1.807) is 13.8 Å². The molecule has 0 aliphatic heterocycles. The zero-order valence-corrected chi connectivity index (χ0v) is 7.40. The number of hydrogen-bond acceptors (Lipinski definition) is 3. The van der Waals surface area contributed by atoms with Crippen LogP contribution < -0.4 is 0 Å². The van der Waals surface area contributed by atoms with E-state index in [-0.39, 0.29) is 11.4 Å². The van der Waals surface area contributed by atoms with Gasteiger partial charge in [0.25, 0.3) is 5.69 Å². The lowest BCUT2D eigenvalue weighted by Crippen LogP contribution is -2.01. The number of pyridine rings is 1. The van der Waals surface area contributed by atoms with Gasteiger partial charge < -0.3 is 0 Å². The molecule has 0 aromatic carbocycles. The summed E-state index contributed by atoms with van der Waals surface area (Å²) in [6.07, 6.45) is 1.36. The third-order valence-electron chi connectivity index (χ3n) is 1.89. The summed E-state index contributed by atoms with van der Waals surface area (Å²) in [7, 11) is 0. The Labute approximate surface area is 75.2 Å². The molecule has 1 aromatic heterocycles. The fourth-order valence-corrected chi connectivity index (χ4v) is 1.19. The number of hydrogen-bond donors (Lipinski definition) is 0. The smallest absolute Gasteiger partial charge is 0.258 e. The predicted octanol–water partition coefficient (Wildman–Crippen LogP) is 1.54. The minimum Gasteiger partial charge on any atom is -0.258 e. The minimum absolute atomic E-state index is 0.000787. The molecule has 0 spiro atoms. The number of rotatable bonds is 2. The molecule has 0 bridgehead atoms. The Hall–Kier alpha value is -1.49. The van der Waals surface area contributed by atoms with E-state index in [1.165, 1.54) is 6.20 Å². The summed E-state index contributed by atoms with van der Waals surface area (Å²) in [4.78, 5) is 13.9. The van der Waals surface area contributed by atoms with Gasteiger partial charge >= 0.3 is 0 Å². The highest BCUT2D eigenvalue weighted by Crippen LogP contribution is 2.23. The molecule has 13 heavy (non-hydrogen) atoms. The van der Waals surface area contributed by atoms with Gasteiger partial charge in [0.05, 0.1) is 16.2 Å². The van der Waals surface area contributed by atoms with Crippen molar-refractivity contribution >= 4 is 5.69 Å². The van der Waals surface area contributed by atoms with E-state index in [9.17, 15) is 15.2 Å². The third kappa shape index (κ3) is 1.65. The molecular formula is C8H9N2O3. The molecular weight excluding hydrogens is 172 g/mol. The maximum Gasteiger partial charge on any atom is 0.278 e. The first kappa shape index (κ1) is 9.60. The van der Waals surface area contributed by atoms with Gasteiger partial charge in [-0.15, -0.1) is 0 Å². The number of aryl methyl sites for hydroxylation is 1. The van der Waals surface area contributed by atoms with Crippen LogP contribution in [-0.2, 0) is 11.7 Å². The van der Waals surface area contributed by atoms with Crippen molar-refractivity contribution in [2.24, 2.45) is 0 Å². The molecule has 0 saturated heterocycles. The molecule has 1 radical (unpaired) electrons. The van der Waals surface area contributed by atoms with Gasteiger partial charge in [0, 0.05) is 11.8 Å². The highest BCUT2D eigenvalue weighted by Gasteiger charge is 2.17. The molecule has 0 unspecified atom stereocenters. The van der Waals surface area contributed by atoms with E-state index in [0.717, 1.165) is 0 Å². The van der Waals surface area contributed by atoms with Crippen molar-refractivity contribution in [1.29, 1.82) is 0 Å². The van der Waals surface area contributed by atoms with Gasteiger partial charge in [-0.3, -0.25) is 15.1 Å². The zero-order chi connectivity index (χ0) is 10.0. The Morgan fingerprint density at radius 1 is 1.54 bits per heavy atom. The number of nitro groups is 1. The zero-order valence-electron chi connectivity index (χ0n) is 7.40. The quantitative estimate of drug-likeness (QED) is 0.512. The van der Waals surface area contributed by atoms with E-state index >= 15 is 0 Å². The van der Waals surface area contributed by atoms with Crippen LogP contribution in [0.15, 0.2) is 6.20 Å². The van der Waals surface area contributed by atoms with Gasteiger partial charge in [-0.2, -0.15) is 0 Å². The van der Waals surface area contributed by atoms with Crippen LogP contribution in [-0.4, -0.2) is 9.91 Å². The van der Waals surface area contributed by atoms with Gasteiger partial charge in [-0.1, -0.05) is 0 Å². The topological polar surface area (TPSA) is 75.9 Å². The lowest BCUT2D eigenvalue weighted by molar-refractivity contribution is -0.386. The normalized spacial score (nSPS) is 10.1. The van der Waals surface area contributed by atoms with Crippen molar-refractivity contribution in [2.45, 2.75) is 20.5 Å². The molecule has 69 valence electrons. The molecule has 1 heterocycles. The third-order valence-corrected chi connectivity index (χ3v) is 1.89. The molecule has 5 heteroatoms. The summed E-state index contributed by atoms with van der Waals surface area (Å²) in [6.45, 7) is 2.63. The minimum atomic E-state index is -0.521. The maximum absolute atomic E-state index is 10.6. The molecule has 0 amide bonds. The summed E-state index contributed by atoms with van der Waals surface area (Å²) in [5.74, 6) is 0. The summed E-state index contributed by atoms with van der Waals surface area (Å²) in [6, 6.07) is 0. The van der Waals surface area contributed by atoms with Crippen molar-refractivity contribution in [3.63, 3.8) is 0 Å². The van der Waals surface area contributed by atoms with Gasteiger partial charge in [-0.25, -0.2) is 5.11 Å². The fraction of sp³-hybridized carbons (Fsp3) is 0.375.